The zero-order valence-corrected chi connectivity index (χ0v) is 6.63. The minimum Gasteiger partial charge on any atom is -0.389 e. The molecule has 0 aromatic rings. The van der Waals surface area contributed by atoms with Gasteiger partial charge < -0.3 is 20.1 Å². The van der Waals surface area contributed by atoms with Gasteiger partial charge in [-0.05, 0) is 0 Å². The van der Waals surface area contributed by atoms with Crippen LogP contribution < -0.4 is 0 Å². The van der Waals surface area contributed by atoms with Crippen molar-refractivity contribution in [2.75, 3.05) is 19.7 Å². The van der Waals surface area contributed by atoms with Gasteiger partial charge in [0, 0.05) is 13.1 Å². The third kappa shape index (κ3) is 1.14. The second kappa shape index (κ2) is 2.93. The molecule has 0 spiro atoms. The first-order valence-electron chi connectivity index (χ1n) is 4.10. The Labute approximate surface area is 70.2 Å². The number of ether oxygens (including phenoxy) is 1. The molecule has 0 amide bonds. The average molecular weight is 175 g/mol. The van der Waals surface area contributed by atoms with Crippen molar-refractivity contribution in [2.24, 2.45) is 0 Å². The van der Waals surface area contributed by atoms with Crippen LogP contribution in [0, 0.1) is 0 Å². The summed E-state index contributed by atoms with van der Waals surface area (Å²) < 4.78 is 5.19. The summed E-state index contributed by atoms with van der Waals surface area (Å²) in [6, 6.07) is 0. The average Bonchev–Trinajstić information content (AvgIpc) is 2.48. The van der Waals surface area contributed by atoms with Gasteiger partial charge in [-0.3, -0.25) is 4.90 Å². The fourth-order valence-corrected chi connectivity index (χ4v) is 1.78. The molecule has 0 saturated carbocycles. The molecule has 12 heavy (non-hydrogen) atoms. The zero-order valence-electron chi connectivity index (χ0n) is 6.63. The SMILES string of the molecule is O[C@@H]1[C@@H](O)[C@H]2OCCN2C[C@H]1O. The molecule has 0 radical (unpaired) electrons. The lowest BCUT2D eigenvalue weighted by Gasteiger charge is -2.38. The lowest BCUT2D eigenvalue weighted by molar-refractivity contribution is -0.178. The van der Waals surface area contributed by atoms with Crippen molar-refractivity contribution >= 4 is 0 Å². The quantitative estimate of drug-likeness (QED) is 0.387. The molecular weight excluding hydrogens is 162 g/mol. The number of rotatable bonds is 0. The fraction of sp³-hybridized carbons (Fsp3) is 1.00. The summed E-state index contributed by atoms with van der Waals surface area (Å²) in [7, 11) is 0. The van der Waals surface area contributed by atoms with E-state index in [1.54, 1.807) is 0 Å². The van der Waals surface area contributed by atoms with Crippen molar-refractivity contribution < 1.29 is 20.1 Å². The molecule has 5 heteroatoms. The first-order valence-corrected chi connectivity index (χ1v) is 4.10. The van der Waals surface area contributed by atoms with Crippen LogP contribution in [0.25, 0.3) is 0 Å². The molecule has 5 nitrogen and oxygen atoms in total. The van der Waals surface area contributed by atoms with Crippen molar-refractivity contribution in [1.29, 1.82) is 0 Å². The number of hydrogen-bond acceptors (Lipinski definition) is 5. The first kappa shape index (κ1) is 8.40. The Hall–Kier alpha value is -0.200. The molecule has 2 fully saturated rings. The molecule has 0 aromatic carbocycles. The first-order chi connectivity index (χ1) is 5.70. The lowest BCUT2D eigenvalue weighted by atomic mass is 10.0. The summed E-state index contributed by atoms with van der Waals surface area (Å²) in [6.45, 7) is 1.65. The van der Waals surface area contributed by atoms with Crippen LogP contribution in [0.3, 0.4) is 0 Å². The maximum Gasteiger partial charge on any atom is 0.139 e. The number of fused-ring (bicyclic) bond motifs is 1. The Kier molecular flexibility index (Phi) is 2.05. The van der Waals surface area contributed by atoms with E-state index < -0.39 is 24.5 Å². The third-order valence-electron chi connectivity index (χ3n) is 2.48. The van der Waals surface area contributed by atoms with Crippen LogP contribution in [0.5, 0.6) is 0 Å². The normalized spacial score (nSPS) is 49.2. The van der Waals surface area contributed by atoms with Crippen LogP contribution in [-0.2, 0) is 4.74 Å². The summed E-state index contributed by atoms with van der Waals surface area (Å²) in [5.74, 6) is 0. The summed E-state index contributed by atoms with van der Waals surface area (Å²) in [6.07, 6.45) is -3.36. The van der Waals surface area contributed by atoms with Gasteiger partial charge in [0.15, 0.2) is 0 Å². The molecule has 2 aliphatic rings. The molecule has 4 atom stereocenters. The fourth-order valence-electron chi connectivity index (χ4n) is 1.78. The minimum absolute atomic E-state index is 0.378. The van der Waals surface area contributed by atoms with Crippen molar-refractivity contribution in [1.82, 2.24) is 4.90 Å². The van der Waals surface area contributed by atoms with Crippen LogP contribution in [0.2, 0.25) is 0 Å². The van der Waals surface area contributed by atoms with E-state index in [0.29, 0.717) is 19.7 Å². The second-order valence-electron chi connectivity index (χ2n) is 3.30. The van der Waals surface area contributed by atoms with Gasteiger partial charge in [0.25, 0.3) is 0 Å². The second-order valence-corrected chi connectivity index (χ2v) is 3.30. The van der Waals surface area contributed by atoms with Crippen molar-refractivity contribution in [3.05, 3.63) is 0 Å². The predicted octanol–water partition coefficient (Wildman–Crippen LogP) is -2.26. The zero-order chi connectivity index (χ0) is 8.72. The van der Waals surface area contributed by atoms with Crippen molar-refractivity contribution in [3.63, 3.8) is 0 Å². The van der Waals surface area contributed by atoms with E-state index in [4.69, 9.17) is 4.74 Å². The Bertz CT molecular complexity index is 177. The highest BCUT2D eigenvalue weighted by Gasteiger charge is 2.44. The third-order valence-corrected chi connectivity index (χ3v) is 2.48. The van der Waals surface area contributed by atoms with Gasteiger partial charge >= 0.3 is 0 Å². The number of aliphatic hydroxyl groups excluding tert-OH is 3. The maximum atomic E-state index is 9.44. The molecule has 0 aliphatic carbocycles. The van der Waals surface area contributed by atoms with Crippen LogP contribution >= 0.6 is 0 Å². The Morgan fingerprint density at radius 1 is 1.17 bits per heavy atom. The standard InChI is InChI=1S/C7H13NO4/c9-4-3-8-1-2-12-7(8)6(11)5(4)10/h4-7,9-11H,1-3H2/t4-,5+,6-,7-/m1/s1. The van der Waals surface area contributed by atoms with E-state index in [1.165, 1.54) is 0 Å². The van der Waals surface area contributed by atoms with Crippen molar-refractivity contribution in [2.45, 2.75) is 24.5 Å². The van der Waals surface area contributed by atoms with Crippen molar-refractivity contribution in [3.8, 4) is 0 Å². The summed E-state index contributed by atoms with van der Waals surface area (Å²) in [5, 5.41) is 28.0. The highest BCUT2D eigenvalue weighted by Crippen LogP contribution is 2.23. The van der Waals surface area contributed by atoms with Gasteiger partial charge in [0.1, 0.15) is 18.4 Å². The van der Waals surface area contributed by atoms with Gasteiger partial charge in [-0.25, -0.2) is 0 Å². The van der Waals surface area contributed by atoms with E-state index in [0.717, 1.165) is 0 Å². The largest absolute Gasteiger partial charge is 0.389 e. The highest BCUT2D eigenvalue weighted by molar-refractivity contribution is 4.92. The summed E-state index contributed by atoms with van der Waals surface area (Å²) in [4.78, 5) is 1.84. The van der Waals surface area contributed by atoms with Crippen LogP contribution in [0.1, 0.15) is 0 Å². The molecule has 70 valence electrons. The predicted molar refractivity (Wildman–Crippen MR) is 39.3 cm³/mol. The maximum absolute atomic E-state index is 9.44. The van der Waals surface area contributed by atoms with E-state index in [2.05, 4.69) is 0 Å². The van der Waals surface area contributed by atoms with Gasteiger partial charge in [-0.15, -0.1) is 0 Å². The van der Waals surface area contributed by atoms with E-state index >= 15 is 0 Å². The topological polar surface area (TPSA) is 73.2 Å². The Balaban J connectivity index is 2.10. The van der Waals surface area contributed by atoms with Gasteiger partial charge in [-0.2, -0.15) is 0 Å². The molecule has 2 saturated heterocycles. The molecule has 0 bridgehead atoms. The van der Waals surface area contributed by atoms with Crippen LogP contribution in [0.4, 0.5) is 0 Å². The molecule has 0 aromatic heterocycles. The molecule has 2 heterocycles. The Morgan fingerprint density at radius 2 is 1.92 bits per heavy atom. The lowest BCUT2D eigenvalue weighted by Crippen LogP contribution is -2.59. The number of piperidine rings is 1. The molecule has 0 unspecified atom stereocenters. The van der Waals surface area contributed by atoms with Gasteiger partial charge in [-0.1, -0.05) is 0 Å². The van der Waals surface area contributed by atoms with Crippen LogP contribution in [-0.4, -0.2) is 64.5 Å². The van der Waals surface area contributed by atoms with Crippen LogP contribution in [0.15, 0.2) is 0 Å². The summed E-state index contributed by atoms with van der Waals surface area (Å²) in [5.41, 5.74) is 0. The van der Waals surface area contributed by atoms with E-state index in [-0.39, 0.29) is 0 Å². The molecule has 2 aliphatic heterocycles. The van der Waals surface area contributed by atoms with Gasteiger partial charge in [0.2, 0.25) is 0 Å². The smallest absolute Gasteiger partial charge is 0.139 e. The van der Waals surface area contributed by atoms with E-state index in [1.807, 2.05) is 4.90 Å². The van der Waals surface area contributed by atoms with E-state index in [9.17, 15) is 15.3 Å². The molecular formula is C7H13NO4. The molecule has 3 N–H and O–H groups in total. The number of hydrogen-bond donors (Lipinski definition) is 3. The minimum atomic E-state index is -1.08. The summed E-state index contributed by atoms with van der Waals surface area (Å²) >= 11 is 0. The van der Waals surface area contributed by atoms with Gasteiger partial charge in [0.05, 0.1) is 12.7 Å². The highest BCUT2D eigenvalue weighted by atomic mass is 16.5. The number of nitrogens with zero attached hydrogens (tertiary/aromatic N) is 1. The Morgan fingerprint density at radius 3 is 2.67 bits per heavy atom. The monoisotopic (exact) mass is 175 g/mol. The molecule has 2 rings (SSSR count). The number of aliphatic hydroxyl groups is 3.